The van der Waals surface area contributed by atoms with Gasteiger partial charge in [0.1, 0.15) is 5.75 Å². The minimum Gasteiger partial charge on any atom is -0.493 e. The molecule has 0 aliphatic carbocycles. The highest BCUT2D eigenvalue weighted by Crippen LogP contribution is 2.33. The van der Waals surface area contributed by atoms with Crippen LogP contribution in [0.5, 0.6) is 5.75 Å². The molecule has 6 heteroatoms. The Morgan fingerprint density at radius 3 is 3.20 bits per heavy atom. The molecule has 2 aromatic rings. The van der Waals surface area contributed by atoms with Gasteiger partial charge in [-0.15, -0.1) is 0 Å². The molecular weight excluding hydrogens is 322 g/mol. The third-order valence-corrected chi connectivity index (χ3v) is 3.75. The van der Waals surface area contributed by atoms with E-state index in [4.69, 9.17) is 4.74 Å². The SMILES string of the molecule is Cn1ccnc(NCc2cc(Br)cc3c2OCC3)c1=O. The van der Waals surface area contributed by atoms with E-state index in [-0.39, 0.29) is 5.56 Å². The molecular formula is C14H14BrN3O2. The van der Waals surface area contributed by atoms with Crippen LogP contribution < -0.4 is 15.6 Å². The Balaban J connectivity index is 1.86. The Kier molecular flexibility index (Phi) is 3.48. The normalized spacial score (nSPS) is 12.9. The smallest absolute Gasteiger partial charge is 0.293 e. The van der Waals surface area contributed by atoms with E-state index in [0.29, 0.717) is 19.0 Å². The molecule has 3 rings (SSSR count). The average Bonchev–Trinajstić information content (AvgIpc) is 2.88. The van der Waals surface area contributed by atoms with E-state index in [1.165, 1.54) is 10.1 Å². The van der Waals surface area contributed by atoms with Crippen LogP contribution in [0.15, 0.2) is 33.8 Å². The van der Waals surface area contributed by atoms with Crippen LogP contribution in [0.4, 0.5) is 5.82 Å². The second-order valence-corrected chi connectivity index (χ2v) is 5.61. The number of hydrogen-bond acceptors (Lipinski definition) is 4. The van der Waals surface area contributed by atoms with Crippen molar-refractivity contribution in [2.24, 2.45) is 7.05 Å². The third-order valence-electron chi connectivity index (χ3n) is 3.29. The predicted octanol–water partition coefficient (Wildman–Crippen LogP) is 2.09. The van der Waals surface area contributed by atoms with Gasteiger partial charge in [0.2, 0.25) is 0 Å². The van der Waals surface area contributed by atoms with E-state index in [1.54, 1.807) is 19.4 Å². The number of hydrogen-bond donors (Lipinski definition) is 1. The Hall–Kier alpha value is -1.82. The van der Waals surface area contributed by atoms with Gasteiger partial charge in [-0.3, -0.25) is 4.79 Å². The molecule has 0 radical (unpaired) electrons. The maximum absolute atomic E-state index is 11.9. The summed E-state index contributed by atoms with van der Waals surface area (Å²) in [7, 11) is 1.70. The van der Waals surface area contributed by atoms with Gasteiger partial charge < -0.3 is 14.6 Å². The minimum atomic E-state index is -0.139. The standard InChI is InChI=1S/C14H14BrN3O2/c1-18-4-3-16-13(14(18)19)17-8-10-7-11(15)6-9-2-5-20-12(9)10/h3-4,6-7H,2,5,8H2,1H3,(H,16,17). The molecule has 1 aliphatic heterocycles. The van der Waals surface area contributed by atoms with E-state index in [2.05, 4.69) is 32.3 Å². The van der Waals surface area contributed by atoms with Crippen LogP contribution in [0.3, 0.4) is 0 Å². The summed E-state index contributed by atoms with van der Waals surface area (Å²) in [5, 5.41) is 3.08. The van der Waals surface area contributed by atoms with Crippen molar-refractivity contribution < 1.29 is 4.74 Å². The largest absolute Gasteiger partial charge is 0.493 e. The number of nitrogens with zero attached hydrogens (tertiary/aromatic N) is 2. The topological polar surface area (TPSA) is 56.1 Å². The number of aryl methyl sites for hydroxylation is 1. The zero-order chi connectivity index (χ0) is 14.1. The van der Waals surface area contributed by atoms with Gasteiger partial charge in [-0.25, -0.2) is 4.98 Å². The summed E-state index contributed by atoms with van der Waals surface area (Å²) in [6.45, 7) is 1.22. The van der Waals surface area contributed by atoms with Gasteiger partial charge in [0.05, 0.1) is 6.61 Å². The molecule has 0 saturated heterocycles. The molecule has 0 bridgehead atoms. The highest BCUT2D eigenvalue weighted by Gasteiger charge is 2.17. The fourth-order valence-electron chi connectivity index (χ4n) is 2.28. The molecule has 20 heavy (non-hydrogen) atoms. The van der Waals surface area contributed by atoms with Gasteiger partial charge in [0.15, 0.2) is 5.82 Å². The highest BCUT2D eigenvalue weighted by molar-refractivity contribution is 9.10. The van der Waals surface area contributed by atoms with Gasteiger partial charge in [0.25, 0.3) is 5.56 Å². The van der Waals surface area contributed by atoms with Crippen LogP contribution in [-0.4, -0.2) is 16.2 Å². The molecule has 1 N–H and O–H groups in total. The molecule has 5 nitrogen and oxygen atoms in total. The second-order valence-electron chi connectivity index (χ2n) is 4.70. The Morgan fingerprint density at radius 1 is 1.50 bits per heavy atom. The lowest BCUT2D eigenvalue weighted by Gasteiger charge is -2.10. The molecule has 104 valence electrons. The lowest BCUT2D eigenvalue weighted by atomic mass is 10.1. The molecule has 0 saturated carbocycles. The number of benzene rings is 1. The van der Waals surface area contributed by atoms with Gasteiger partial charge in [-0.1, -0.05) is 15.9 Å². The fourth-order valence-corrected chi connectivity index (χ4v) is 2.83. The molecule has 1 aromatic heterocycles. The number of aromatic nitrogens is 2. The Morgan fingerprint density at radius 2 is 2.35 bits per heavy atom. The van der Waals surface area contributed by atoms with Gasteiger partial charge in [-0.2, -0.15) is 0 Å². The summed E-state index contributed by atoms with van der Waals surface area (Å²) < 4.78 is 8.18. The maximum Gasteiger partial charge on any atom is 0.293 e. The number of ether oxygens (including phenoxy) is 1. The van der Waals surface area contributed by atoms with E-state index in [1.807, 2.05) is 6.07 Å². The first-order valence-corrected chi connectivity index (χ1v) is 7.14. The summed E-state index contributed by atoms with van der Waals surface area (Å²) >= 11 is 3.50. The van der Waals surface area contributed by atoms with Crippen molar-refractivity contribution in [1.82, 2.24) is 9.55 Å². The average molecular weight is 336 g/mol. The molecule has 1 aromatic carbocycles. The van der Waals surface area contributed by atoms with E-state index in [9.17, 15) is 4.79 Å². The molecule has 0 unspecified atom stereocenters. The van der Waals surface area contributed by atoms with Crippen molar-refractivity contribution >= 4 is 21.7 Å². The number of halogens is 1. The van der Waals surface area contributed by atoms with Gasteiger partial charge in [-0.05, 0) is 17.7 Å². The van der Waals surface area contributed by atoms with Crippen LogP contribution in [0, 0.1) is 0 Å². The van der Waals surface area contributed by atoms with E-state index >= 15 is 0 Å². The molecule has 0 atom stereocenters. The zero-order valence-electron chi connectivity index (χ0n) is 11.0. The predicted molar refractivity (Wildman–Crippen MR) is 80.1 cm³/mol. The quantitative estimate of drug-likeness (QED) is 0.933. The lowest BCUT2D eigenvalue weighted by molar-refractivity contribution is 0.354. The van der Waals surface area contributed by atoms with E-state index in [0.717, 1.165) is 22.2 Å². The van der Waals surface area contributed by atoms with Crippen molar-refractivity contribution in [3.63, 3.8) is 0 Å². The summed E-state index contributed by atoms with van der Waals surface area (Å²) in [6.07, 6.45) is 4.16. The first kappa shape index (κ1) is 13.2. The van der Waals surface area contributed by atoms with Gasteiger partial charge >= 0.3 is 0 Å². The molecule has 0 spiro atoms. The van der Waals surface area contributed by atoms with Crippen molar-refractivity contribution in [2.75, 3.05) is 11.9 Å². The van der Waals surface area contributed by atoms with E-state index < -0.39 is 0 Å². The van der Waals surface area contributed by atoms with Crippen LogP contribution in [0.25, 0.3) is 0 Å². The summed E-state index contributed by atoms with van der Waals surface area (Å²) in [5.41, 5.74) is 2.09. The second kappa shape index (κ2) is 5.28. The zero-order valence-corrected chi connectivity index (χ0v) is 12.6. The first-order chi connectivity index (χ1) is 9.65. The first-order valence-electron chi connectivity index (χ1n) is 6.35. The van der Waals surface area contributed by atoms with Crippen LogP contribution in [0.2, 0.25) is 0 Å². The van der Waals surface area contributed by atoms with Crippen LogP contribution in [0.1, 0.15) is 11.1 Å². The number of nitrogens with one attached hydrogen (secondary N) is 1. The van der Waals surface area contributed by atoms with Gasteiger partial charge in [0, 0.05) is 42.4 Å². The minimum absolute atomic E-state index is 0.139. The van der Waals surface area contributed by atoms with Crippen molar-refractivity contribution in [1.29, 1.82) is 0 Å². The number of rotatable bonds is 3. The highest BCUT2D eigenvalue weighted by atomic mass is 79.9. The molecule has 2 heterocycles. The summed E-state index contributed by atoms with van der Waals surface area (Å²) in [5.74, 6) is 1.27. The third kappa shape index (κ3) is 2.43. The molecule has 0 amide bonds. The molecule has 0 fully saturated rings. The lowest BCUT2D eigenvalue weighted by Crippen LogP contribution is -2.21. The van der Waals surface area contributed by atoms with Crippen molar-refractivity contribution in [3.8, 4) is 5.75 Å². The Bertz CT molecular complexity index is 712. The summed E-state index contributed by atoms with van der Waals surface area (Å²) in [4.78, 5) is 16.0. The monoisotopic (exact) mass is 335 g/mol. The van der Waals surface area contributed by atoms with Crippen molar-refractivity contribution in [3.05, 3.63) is 50.5 Å². The number of fused-ring (bicyclic) bond motifs is 1. The van der Waals surface area contributed by atoms with Crippen LogP contribution >= 0.6 is 15.9 Å². The van der Waals surface area contributed by atoms with Crippen LogP contribution in [-0.2, 0) is 20.0 Å². The maximum atomic E-state index is 11.9. The van der Waals surface area contributed by atoms with Crippen molar-refractivity contribution in [2.45, 2.75) is 13.0 Å². The number of anilines is 1. The molecule has 1 aliphatic rings. The fraction of sp³-hybridized carbons (Fsp3) is 0.286. The summed E-state index contributed by atoms with van der Waals surface area (Å²) in [6, 6.07) is 4.08. The Labute approximate surface area is 124 Å².